The van der Waals surface area contributed by atoms with Crippen molar-refractivity contribution in [3.63, 3.8) is 0 Å². The van der Waals surface area contributed by atoms with E-state index in [0.29, 0.717) is 0 Å². The van der Waals surface area contributed by atoms with E-state index in [-0.39, 0.29) is 35.3 Å². The van der Waals surface area contributed by atoms with Crippen LogP contribution >= 0.6 is 0 Å². The molecule has 2 heterocycles. The molecule has 23 heavy (non-hydrogen) atoms. The van der Waals surface area contributed by atoms with Gasteiger partial charge >= 0.3 is 0 Å². The molecule has 118 valence electrons. The van der Waals surface area contributed by atoms with Crippen molar-refractivity contribution in [2.75, 3.05) is 0 Å². The van der Waals surface area contributed by atoms with Crippen molar-refractivity contribution in [3.05, 3.63) is 44.5 Å². The molecule has 1 aromatic carbocycles. The van der Waals surface area contributed by atoms with Gasteiger partial charge < -0.3 is 0 Å². The highest BCUT2D eigenvalue weighted by atomic mass is 16.6. The van der Waals surface area contributed by atoms with Crippen LogP contribution in [0.5, 0.6) is 0 Å². The average molecular weight is 316 g/mol. The predicted molar refractivity (Wildman–Crippen MR) is 78.8 cm³/mol. The van der Waals surface area contributed by atoms with E-state index in [1.165, 1.54) is 18.2 Å². The summed E-state index contributed by atoms with van der Waals surface area (Å²) >= 11 is 0. The summed E-state index contributed by atoms with van der Waals surface area (Å²) in [6, 6.07) is 3.26. The molecule has 1 fully saturated rings. The van der Waals surface area contributed by atoms with Gasteiger partial charge in [0.25, 0.3) is 11.2 Å². The number of amides is 2. The van der Waals surface area contributed by atoms with Gasteiger partial charge in [0.1, 0.15) is 17.3 Å². The summed E-state index contributed by atoms with van der Waals surface area (Å²) in [7, 11) is 0. The zero-order valence-corrected chi connectivity index (χ0v) is 12.1. The Bertz CT molecular complexity index is 917. The summed E-state index contributed by atoms with van der Waals surface area (Å²) in [5.74, 6) is -0.750. The molecule has 9 nitrogen and oxygen atoms in total. The number of nitro benzene ring substituents is 1. The third kappa shape index (κ3) is 2.35. The number of hydrogen-bond donors (Lipinski definition) is 1. The molecule has 1 saturated heterocycles. The normalized spacial score (nSPS) is 18.0. The molecule has 1 aliphatic rings. The molecule has 2 amide bonds. The Morgan fingerprint density at radius 2 is 2.09 bits per heavy atom. The zero-order valence-electron chi connectivity index (χ0n) is 12.1. The van der Waals surface area contributed by atoms with E-state index in [9.17, 15) is 24.5 Å². The number of nitro groups is 1. The second-order valence-electron chi connectivity index (χ2n) is 5.23. The molecule has 0 saturated carbocycles. The lowest BCUT2D eigenvalue weighted by Gasteiger charge is -2.24. The minimum Gasteiger partial charge on any atom is -0.295 e. The van der Waals surface area contributed by atoms with Crippen LogP contribution in [0.15, 0.2) is 23.0 Å². The molecule has 0 aliphatic carbocycles. The fourth-order valence-corrected chi connectivity index (χ4v) is 2.78. The van der Waals surface area contributed by atoms with E-state index in [1.54, 1.807) is 6.92 Å². The van der Waals surface area contributed by atoms with Gasteiger partial charge in [-0.3, -0.25) is 34.4 Å². The van der Waals surface area contributed by atoms with Crippen LogP contribution in [0.1, 0.15) is 24.7 Å². The van der Waals surface area contributed by atoms with Gasteiger partial charge in [-0.1, -0.05) is 6.07 Å². The van der Waals surface area contributed by atoms with Crippen molar-refractivity contribution in [1.82, 2.24) is 14.9 Å². The summed E-state index contributed by atoms with van der Waals surface area (Å²) in [6.07, 6.45) is 0.246. The third-order valence-corrected chi connectivity index (χ3v) is 3.80. The fourth-order valence-electron chi connectivity index (χ4n) is 2.78. The number of fused-ring (bicyclic) bond motifs is 1. The van der Waals surface area contributed by atoms with Gasteiger partial charge in [-0.2, -0.15) is 0 Å². The van der Waals surface area contributed by atoms with Crippen molar-refractivity contribution in [2.45, 2.75) is 25.8 Å². The summed E-state index contributed by atoms with van der Waals surface area (Å²) in [5, 5.41) is 13.2. The maximum atomic E-state index is 12.8. The van der Waals surface area contributed by atoms with E-state index in [0.717, 1.165) is 4.57 Å². The number of carbonyl (C=O) groups is 2. The molecule has 9 heteroatoms. The molecule has 0 unspecified atom stereocenters. The van der Waals surface area contributed by atoms with Gasteiger partial charge in [-0.15, -0.1) is 0 Å². The van der Waals surface area contributed by atoms with Crippen LogP contribution in [0.25, 0.3) is 10.9 Å². The Morgan fingerprint density at radius 1 is 1.35 bits per heavy atom. The fraction of sp³-hybridized carbons (Fsp3) is 0.286. The maximum Gasteiger partial charge on any atom is 0.284 e. The second-order valence-corrected chi connectivity index (χ2v) is 5.23. The Labute approximate surface area is 129 Å². The number of nitrogens with zero attached hydrogens (tertiary/aromatic N) is 3. The van der Waals surface area contributed by atoms with E-state index in [1.807, 2.05) is 0 Å². The van der Waals surface area contributed by atoms with Crippen molar-refractivity contribution < 1.29 is 14.5 Å². The van der Waals surface area contributed by atoms with E-state index in [4.69, 9.17) is 0 Å². The first-order valence-corrected chi connectivity index (χ1v) is 6.90. The number of piperidine rings is 1. The lowest BCUT2D eigenvalue weighted by atomic mass is 10.1. The van der Waals surface area contributed by atoms with Gasteiger partial charge in [0.15, 0.2) is 0 Å². The van der Waals surface area contributed by atoms with Crippen molar-refractivity contribution >= 4 is 28.4 Å². The molecule has 1 aliphatic heterocycles. The van der Waals surface area contributed by atoms with Gasteiger partial charge in [0.05, 0.1) is 10.4 Å². The van der Waals surface area contributed by atoms with Crippen LogP contribution in [0.4, 0.5) is 5.69 Å². The molecule has 1 N–H and O–H groups in total. The Balaban J connectivity index is 2.28. The first-order chi connectivity index (χ1) is 10.9. The summed E-state index contributed by atoms with van der Waals surface area (Å²) in [5.41, 5.74) is -0.819. The molecule has 0 radical (unpaired) electrons. The van der Waals surface area contributed by atoms with E-state index in [2.05, 4.69) is 10.3 Å². The van der Waals surface area contributed by atoms with Crippen LogP contribution in [0, 0.1) is 17.0 Å². The standard InChI is InChI=1S/C14H12N4O5/c1-7-15-8-3-2-4-9(18(22)23)12(8)14(21)17(7)10-5-6-11(19)16-13(10)20/h2-4,10H,5-6H2,1H3,(H,16,19,20)/t10-/m0/s1. The first kappa shape index (κ1) is 14.8. The van der Waals surface area contributed by atoms with Crippen LogP contribution in [0.3, 0.4) is 0 Å². The number of carbonyl (C=O) groups excluding carboxylic acids is 2. The number of aryl methyl sites for hydroxylation is 1. The topological polar surface area (TPSA) is 124 Å². The summed E-state index contributed by atoms with van der Waals surface area (Å²) in [6.45, 7) is 1.55. The smallest absolute Gasteiger partial charge is 0.284 e. The Hall–Kier alpha value is -3.10. The second kappa shape index (κ2) is 5.27. The minimum atomic E-state index is -0.906. The number of imide groups is 1. The van der Waals surface area contributed by atoms with Crippen LogP contribution in [0.2, 0.25) is 0 Å². The van der Waals surface area contributed by atoms with Crippen LogP contribution in [-0.2, 0) is 9.59 Å². The van der Waals surface area contributed by atoms with Gasteiger partial charge in [-0.05, 0) is 19.4 Å². The quantitative estimate of drug-likeness (QED) is 0.491. The van der Waals surface area contributed by atoms with E-state index >= 15 is 0 Å². The molecule has 3 rings (SSSR count). The van der Waals surface area contributed by atoms with Gasteiger partial charge in [-0.25, -0.2) is 4.98 Å². The molecule has 0 bridgehead atoms. The molecule has 2 aromatic rings. The van der Waals surface area contributed by atoms with Crippen molar-refractivity contribution in [1.29, 1.82) is 0 Å². The minimum absolute atomic E-state index is 0.0945. The number of non-ortho nitro benzene ring substituents is 1. The molecule has 1 atom stereocenters. The third-order valence-electron chi connectivity index (χ3n) is 3.80. The number of nitrogens with one attached hydrogen (secondary N) is 1. The van der Waals surface area contributed by atoms with Crippen LogP contribution < -0.4 is 10.9 Å². The van der Waals surface area contributed by atoms with Crippen LogP contribution in [-0.4, -0.2) is 26.3 Å². The summed E-state index contributed by atoms with van der Waals surface area (Å²) < 4.78 is 1.12. The SMILES string of the molecule is Cc1nc2cccc([N+](=O)[O-])c2c(=O)n1[C@H]1CCC(=O)NC1=O. The number of benzene rings is 1. The average Bonchev–Trinajstić information content (AvgIpc) is 2.48. The largest absolute Gasteiger partial charge is 0.295 e. The monoisotopic (exact) mass is 316 g/mol. The summed E-state index contributed by atoms with van der Waals surface area (Å²) in [4.78, 5) is 50.7. The predicted octanol–water partition coefficient (Wildman–Crippen LogP) is 0.591. The molecular weight excluding hydrogens is 304 g/mol. The highest BCUT2D eigenvalue weighted by Crippen LogP contribution is 2.24. The zero-order chi connectivity index (χ0) is 16.7. The molecule has 0 spiro atoms. The lowest BCUT2D eigenvalue weighted by molar-refractivity contribution is -0.383. The number of hydrogen-bond acceptors (Lipinski definition) is 6. The Kier molecular flexibility index (Phi) is 3.40. The number of aromatic nitrogens is 2. The van der Waals surface area contributed by atoms with Gasteiger partial charge in [0.2, 0.25) is 11.8 Å². The highest BCUT2D eigenvalue weighted by molar-refractivity contribution is 5.99. The van der Waals surface area contributed by atoms with Crippen molar-refractivity contribution in [2.24, 2.45) is 0 Å². The van der Waals surface area contributed by atoms with Crippen molar-refractivity contribution in [3.8, 4) is 0 Å². The van der Waals surface area contributed by atoms with Gasteiger partial charge in [0, 0.05) is 12.5 Å². The molecule has 1 aromatic heterocycles. The Morgan fingerprint density at radius 3 is 2.74 bits per heavy atom. The highest BCUT2D eigenvalue weighted by Gasteiger charge is 2.31. The lowest BCUT2D eigenvalue weighted by Crippen LogP contribution is -2.45. The number of rotatable bonds is 2. The first-order valence-electron chi connectivity index (χ1n) is 6.90. The molecular formula is C14H12N4O5. The maximum absolute atomic E-state index is 12.8. The van der Waals surface area contributed by atoms with E-state index < -0.39 is 28.3 Å².